The molecule has 8 nitrogen and oxygen atoms in total. The zero-order chi connectivity index (χ0) is 32.4. The molecule has 0 saturated heterocycles. The van der Waals surface area contributed by atoms with Crippen molar-refractivity contribution in [2.45, 2.75) is 26.5 Å². The van der Waals surface area contributed by atoms with Crippen LogP contribution >= 0.6 is 22.9 Å². The number of nitrogens with zero attached hydrogens (tertiary/aromatic N) is 2. The summed E-state index contributed by atoms with van der Waals surface area (Å²) in [7, 11) is 3.11. The highest BCUT2D eigenvalue weighted by atomic mass is 35.5. The molecule has 1 atom stereocenters. The van der Waals surface area contributed by atoms with E-state index in [-0.39, 0.29) is 17.7 Å². The summed E-state index contributed by atoms with van der Waals surface area (Å²) < 4.78 is 24.9. The second-order valence-electron chi connectivity index (χ2n) is 10.5. The lowest BCUT2D eigenvalue weighted by atomic mass is 9.90. The fourth-order valence-corrected chi connectivity index (χ4v) is 6.96. The van der Waals surface area contributed by atoms with Crippen molar-refractivity contribution in [1.82, 2.24) is 4.57 Å². The first kappa shape index (κ1) is 31.1. The number of carbonyl (C=O) groups is 1. The first-order chi connectivity index (χ1) is 22.3. The van der Waals surface area contributed by atoms with Crippen LogP contribution in [0.3, 0.4) is 0 Å². The molecule has 0 spiro atoms. The molecule has 1 aliphatic heterocycles. The SMILES string of the molecule is CCOC(=O)C1=C(C)N=c2s/c(=C\c3cc(Cl)c(OCc4ccccc4)c(OC)c3)c(=O)n2[C@@H]1c1c(OC)ccc2ccccc12. The minimum atomic E-state index is -0.842. The van der Waals surface area contributed by atoms with Gasteiger partial charge < -0.3 is 18.9 Å². The molecule has 0 unspecified atom stereocenters. The standard InChI is InChI=1S/C36H31ClN2O6S/c1-5-44-35(41)30-21(2)38-36-39(32(30)31-25-14-10-9-13-24(25)15-16-27(31)42-3)34(40)29(46-36)19-23-17-26(37)33(28(18-23)43-4)45-20-22-11-7-6-8-12-22/h6-19,32H,5,20H2,1-4H3/b29-19-/t32-/m0/s1. The number of hydrogen-bond donors (Lipinski definition) is 0. The lowest BCUT2D eigenvalue weighted by Crippen LogP contribution is -2.40. The second-order valence-corrected chi connectivity index (χ2v) is 11.9. The maximum absolute atomic E-state index is 14.3. The van der Waals surface area contributed by atoms with Gasteiger partial charge in [0.15, 0.2) is 16.3 Å². The summed E-state index contributed by atoms with van der Waals surface area (Å²) in [6, 6.07) is 24.0. The van der Waals surface area contributed by atoms with Crippen molar-refractivity contribution in [3.05, 3.63) is 132 Å². The summed E-state index contributed by atoms with van der Waals surface area (Å²) >= 11 is 7.91. The molecule has 0 aliphatic carbocycles. The lowest BCUT2D eigenvalue weighted by Gasteiger charge is -2.27. The van der Waals surface area contributed by atoms with E-state index in [4.69, 9.17) is 35.5 Å². The molecule has 0 saturated carbocycles. The Balaban J connectivity index is 1.51. The number of methoxy groups -OCH3 is 2. The number of halogens is 1. The number of carbonyl (C=O) groups excluding carboxylic acids is 1. The molecule has 0 radical (unpaired) electrons. The largest absolute Gasteiger partial charge is 0.496 e. The molecular weight excluding hydrogens is 624 g/mol. The Labute approximate surface area is 274 Å². The van der Waals surface area contributed by atoms with Crippen molar-refractivity contribution in [2.75, 3.05) is 20.8 Å². The number of hydrogen-bond acceptors (Lipinski definition) is 8. The van der Waals surface area contributed by atoms with Gasteiger partial charge in [-0.15, -0.1) is 0 Å². The van der Waals surface area contributed by atoms with Gasteiger partial charge >= 0.3 is 5.97 Å². The first-order valence-corrected chi connectivity index (χ1v) is 15.8. The van der Waals surface area contributed by atoms with E-state index in [0.717, 1.165) is 16.3 Å². The maximum Gasteiger partial charge on any atom is 0.338 e. The molecule has 1 aromatic heterocycles. The summed E-state index contributed by atoms with van der Waals surface area (Å²) in [6.45, 7) is 3.99. The van der Waals surface area contributed by atoms with Gasteiger partial charge in [-0.1, -0.05) is 83.6 Å². The molecule has 46 heavy (non-hydrogen) atoms. The van der Waals surface area contributed by atoms with E-state index in [1.807, 2.05) is 66.7 Å². The van der Waals surface area contributed by atoms with E-state index in [9.17, 15) is 9.59 Å². The van der Waals surface area contributed by atoms with E-state index >= 15 is 0 Å². The van der Waals surface area contributed by atoms with E-state index in [1.54, 1.807) is 43.7 Å². The third-order valence-corrected chi connectivity index (χ3v) is 8.98. The highest BCUT2D eigenvalue weighted by molar-refractivity contribution is 7.07. The first-order valence-electron chi connectivity index (χ1n) is 14.6. The molecule has 4 aromatic carbocycles. The molecule has 6 rings (SSSR count). The van der Waals surface area contributed by atoms with E-state index in [0.29, 0.717) is 55.0 Å². The van der Waals surface area contributed by atoms with Crippen LogP contribution in [-0.4, -0.2) is 31.4 Å². The lowest BCUT2D eigenvalue weighted by molar-refractivity contribution is -0.139. The van der Waals surface area contributed by atoms with Gasteiger partial charge in [-0.25, -0.2) is 9.79 Å². The van der Waals surface area contributed by atoms with Crippen LogP contribution in [0.5, 0.6) is 17.2 Å². The van der Waals surface area contributed by atoms with Crippen LogP contribution < -0.4 is 29.1 Å². The number of rotatable bonds is 9. The Bertz CT molecular complexity index is 2170. The Hall–Kier alpha value is -4.86. The van der Waals surface area contributed by atoms with Gasteiger partial charge in [-0.3, -0.25) is 9.36 Å². The minimum absolute atomic E-state index is 0.174. The quantitative estimate of drug-likeness (QED) is 0.176. The number of aromatic nitrogens is 1. The predicted molar refractivity (Wildman–Crippen MR) is 180 cm³/mol. The van der Waals surface area contributed by atoms with Crippen molar-refractivity contribution in [1.29, 1.82) is 0 Å². The van der Waals surface area contributed by atoms with Gasteiger partial charge in [0.05, 0.1) is 41.7 Å². The van der Waals surface area contributed by atoms with Crippen LogP contribution in [0.25, 0.3) is 16.8 Å². The molecule has 1 aliphatic rings. The van der Waals surface area contributed by atoms with Crippen LogP contribution in [0, 0.1) is 0 Å². The van der Waals surface area contributed by atoms with Crippen molar-refractivity contribution < 1.29 is 23.7 Å². The average Bonchev–Trinajstić information content (AvgIpc) is 3.36. The van der Waals surface area contributed by atoms with Crippen molar-refractivity contribution >= 4 is 45.8 Å². The number of fused-ring (bicyclic) bond motifs is 2. The van der Waals surface area contributed by atoms with Crippen molar-refractivity contribution in [3.8, 4) is 17.2 Å². The molecule has 5 aromatic rings. The second kappa shape index (κ2) is 13.2. The number of esters is 1. The zero-order valence-electron chi connectivity index (χ0n) is 25.7. The molecule has 10 heteroatoms. The maximum atomic E-state index is 14.3. The Morgan fingerprint density at radius 1 is 1.00 bits per heavy atom. The summed E-state index contributed by atoms with van der Waals surface area (Å²) in [5, 5.41) is 2.13. The van der Waals surface area contributed by atoms with Crippen LogP contribution in [0.1, 0.15) is 36.6 Å². The minimum Gasteiger partial charge on any atom is -0.496 e. The van der Waals surface area contributed by atoms with Gasteiger partial charge in [-0.05, 0) is 60.0 Å². The van der Waals surface area contributed by atoms with E-state index in [1.165, 1.54) is 18.4 Å². The topological polar surface area (TPSA) is 88.4 Å². The van der Waals surface area contributed by atoms with Crippen LogP contribution in [0.4, 0.5) is 0 Å². The fourth-order valence-electron chi connectivity index (χ4n) is 5.64. The molecule has 2 heterocycles. The van der Waals surface area contributed by atoms with Crippen LogP contribution in [0.15, 0.2) is 99.9 Å². The molecule has 0 bridgehead atoms. The monoisotopic (exact) mass is 654 g/mol. The Kier molecular flexibility index (Phi) is 8.96. The highest BCUT2D eigenvalue weighted by Crippen LogP contribution is 2.41. The number of allylic oxidation sites excluding steroid dienone is 1. The molecule has 234 valence electrons. The zero-order valence-corrected chi connectivity index (χ0v) is 27.3. The Morgan fingerprint density at radius 3 is 2.48 bits per heavy atom. The third kappa shape index (κ3) is 5.79. The predicted octanol–water partition coefficient (Wildman–Crippen LogP) is 6.20. The van der Waals surface area contributed by atoms with Crippen LogP contribution in [0.2, 0.25) is 5.02 Å². The van der Waals surface area contributed by atoms with Gasteiger partial charge in [0.1, 0.15) is 18.4 Å². The van der Waals surface area contributed by atoms with Gasteiger partial charge in [0, 0.05) is 5.56 Å². The third-order valence-electron chi connectivity index (χ3n) is 7.72. The number of benzene rings is 4. The summed E-state index contributed by atoms with van der Waals surface area (Å²) in [4.78, 5) is 33.0. The van der Waals surface area contributed by atoms with E-state index < -0.39 is 12.0 Å². The molecule has 0 amide bonds. The fraction of sp³-hybridized carbons (Fsp3) is 0.194. The van der Waals surface area contributed by atoms with Crippen molar-refractivity contribution in [2.24, 2.45) is 4.99 Å². The Morgan fingerprint density at radius 2 is 1.74 bits per heavy atom. The van der Waals surface area contributed by atoms with Gasteiger partial charge in [0.25, 0.3) is 5.56 Å². The average molecular weight is 655 g/mol. The van der Waals surface area contributed by atoms with Crippen LogP contribution in [-0.2, 0) is 16.1 Å². The summed E-state index contributed by atoms with van der Waals surface area (Å²) in [5.74, 6) is 0.837. The van der Waals surface area contributed by atoms with Gasteiger partial charge in [-0.2, -0.15) is 0 Å². The highest BCUT2D eigenvalue weighted by Gasteiger charge is 2.36. The van der Waals surface area contributed by atoms with Gasteiger partial charge in [0.2, 0.25) is 0 Å². The molecule has 0 N–H and O–H groups in total. The molecular formula is C36H31ClN2O6S. The summed E-state index contributed by atoms with van der Waals surface area (Å²) in [6.07, 6.45) is 1.74. The molecule has 0 fully saturated rings. The summed E-state index contributed by atoms with van der Waals surface area (Å²) in [5.41, 5.74) is 2.73. The number of ether oxygens (including phenoxy) is 4. The normalized spacial score (nSPS) is 14.5. The van der Waals surface area contributed by atoms with E-state index in [2.05, 4.69) is 0 Å². The number of thiazole rings is 1. The van der Waals surface area contributed by atoms with Crippen molar-refractivity contribution in [3.63, 3.8) is 0 Å². The smallest absolute Gasteiger partial charge is 0.338 e.